The molecule has 0 bridgehead atoms. The first kappa shape index (κ1) is 14.7. The molecular weight excluding hydrogens is 332 g/mol. The molecule has 0 fully saturated rings. The van der Waals surface area contributed by atoms with Crippen molar-refractivity contribution in [2.75, 3.05) is 5.32 Å². The van der Waals surface area contributed by atoms with Crippen LogP contribution >= 0.6 is 11.6 Å². The molecule has 0 amide bonds. The zero-order chi connectivity index (χ0) is 17.0. The molecule has 2 aromatic carbocycles. The molecule has 1 aromatic heterocycles. The second-order valence-corrected chi connectivity index (χ2v) is 6.96. The number of anilines is 1. The number of carbonyl (C=O) groups excluding carboxylic acids is 1. The first-order chi connectivity index (χ1) is 12.2. The average molecular weight is 347 g/mol. The predicted octanol–water partition coefficient (Wildman–Crippen LogP) is 5.06. The van der Waals surface area contributed by atoms with Gasteiger partial charge in [0.15, 0.2) is 5.78 Å². The van der Waals surface area contributed by atoms with Crippen LogP contribution in [-0.2, 0) is 4.79 Å². The van der Waals surface area contributed by atoms with Gasteiger partial charge >= 0.3 is 0 Å². The Morgan fingerprint density at radius 3 is 2.72 bits per heavy atom. The average Bonchev–Trinajstić information content (AvgIpc) is 3.01. The monoisotopic (exact) mass is 346 g/mol. The summed E-state index contributed by atoms with van der Waals surface area (Å²) in [6.45, 7) is 0. The third kappa shape index (κ3) is 2.19. The molecular formula is C21H15ClN2O. The predicted molar refractivity (Wildman–Crippen MR) is 99.9 cm³/mol. The Labute approximate surface area is 150 Å². The zero-order valence-corrected chi connectivity index (χ0v) is 14.2. The largest absolute Gasteiger partial charge is 0.358 e. The highest BCUT2D eigenvalue weighted by Crippen LogP contribution is 2.48. The number of fused-ring (bicyclic) bond motifs is 3. The van der Waals surface area contributed by atoms with E-state index < -0.39 is 0 Å². The van der Waals surface area contributed by atoms with Crippen molar-refractivity contribution in [3.05, 3.63) is 82.1 Å². The number of halogens is 1. The van der Waals surface area contributed by atoms with Crippen LogP contribution in [0, 0.1) is 0 Å². The molecule has 0 saturated heterocycles. The van der Waals surface area contributed by atoms with Gasteiger partial charge in [0.25, 0.3) is 0 Å². The Balaban J connectivity index is 1.83. The van der Waals surface area contributed by atoms with Gasteiger partial charge in [0, 0.05) is 45.9 Å². The maximum atomic E-state index is 12.7. The fourth-order valence-corrected chi connectivity index (χ4v) is 4.16. The van der Waals surface area contributed by atoms with Gasteiger partial charge in [0.1, 0.15) is 0 Å². The first-order valence-corrected chi connectivity index (χ1v) is 8.76. The number of nitrogens with zero attached hydrogens (tertiary/aromatic N) is 1. The maximum Gasteiger partial charge on any atom is 0.161 e. The highest BCUT2D eigenvalue weighted by atomic mass is 35.5. The molecule has 0 saturated carbocycles. The molecule has 1 aliphatic heterocycles. The van der Waals surface area contributed by atoms with Crippen molar-refractivity contribution in [2.45, 2.75) is 18.8 Å². The summed E-state index contributed by atoms with van der Waals surface area (Å²) in [6, 6.07) is 15.9. The Kier molecular flexibility index (Phi) is 3.19. The number of hydrogen-bond acceptors (Lipinski definition) is 3. The number of nitrogens with one attached hydrogen (secondary N) is 1. The SMILES string of the molecule is O=C1CCC2=C1C(c1ccc(Cl)cc1)c1c(ccc3ncccc13)N2. The number of benzene rings is 2. The summed E-state index contributed by atoms with van der Waals surface area (Å²) in [5.74, 6) is 0.153. The number of hydrogen-bond donors (Lipinski definition) is 1. The fraction of sp³-hybridized carbons (Fsp3) is 0.143. The number of pyridine rings is 1. The summed E-state index contributed by atoms with van der Waals surface area (Å²) >= 11 is 6.08. The number of carbonyl (C=O) groups is 1. The lowest BCUT2D eigenvalue weighted by Crippen LogP contribution is -2.19. The molecule has 2 aliphatic rings. The highest BCUT2D eigenvalue weighted by Gasteiger charge is 2.37. The van der Waals surface area contributed by atoms with Crippen LogP contribution in [0.15, 0.2) is 66.0 Å². The normalized spacial score (nSPS) is 18.9. The number of allylic oxidation sites excluding steroid dienone is 2. The van der Waals surface area contributed by atoms with Gasteiger partial charge in [0.05, 0.1) is 5.52 Å². The van der Waals surface area contributed by atoms with Gasteiger partial charge in [-0.25, -0.2) is 0 Å². The molecule has 5 rings (SSSR count). The van der Waals surface area contributed by atoms with Crippen LogP contribution in [0.25, 0.3) is 10.9 Å². The summed E-state index contributed by atoms with van der Waals surface area (Å²) < 4.78 is 0. The lowest BCUT2D eigenvalue weighted by molar-refractivity contribution is -0.115. The van der Waals surface area contributed by atoms with Gasteiger partial charge in [-0.2, -0.15) is 0 Å². The van der Waals surface area contributed by atoms with Crippen molar-refractivity contribution in [1.29, 1.82) is 0 Å². The molecule has 1 aliphatic carbocycles. The van der Waals surface area contributed by atoms with Gasteiger partial charge in [0.2, 0.25) is 0 Å². The molecule has 1 N–H and O–H groups in total. The van der Waals surface area contributed by atoms with Gasteiger partial charge in [-0.1, -0.05) is 29.8 Å². The van der Waals surface area contributed by atoms with E-state index in [0.717, 1.165) is 45.4 Å². The van der Waals surface area contributed by atoms with Crippen molar-refractivity contribution in [3.8, 4) is 0 Å². The fourth-order valence-electron chi connectivity index (χ4n) is 4.03. The van der Waals surface area contributed by atoms with Gasteiger partial charge in [-0.3, -0.25) is 9.78 Å². The number of ketones is 1. The second-order valence-electron chi connectivity index (χ2n) is 6.52. The summed E-state index contributed by atoms with van der Waals surface area (Å²) in [7, 11) is 0. The van der Waals surface area contributed by atoms with E-state index in [9.17, 15) is 4.79 Å². The van der Waals surface area contributed by atoms with E-state index in [0.29, 0.717) is 11.4 Å². The lowest BCUT2D eigenvalue weighted by Gasteiger charge is -2.30. The molecule has 25 heavy (non-hydrogen) atoms. The number of rotatable bonds is 1. The minimum Gasteiger partial charge on any atom is -0.358 e. The molecule has 4 heteroatoms. The first-order valence-electron chi connectivity index (χ1n) is 8.39. The van der Waals surface area contributed by atoms with E-state index in [1.165, 1.54) is 0 Å². The van der Waals surface area contributed by atoms with Crippen molar-refractivity contribution in [3.63, 3.8) is 0 Å². The summed E-state index contributed by atoms with van der Waals surface area (Å²) in [5.41, 5.74) is 6.17. The van der Waals surface area contributed by atoms with Crippen LogP contribution < -0.4 is 5.32 Å². The summed E-state index contributed by atoms with van der Waals surface area (Å²) in [6.07, 6.45) is 3.16. The third-order valence-corrected chi connectivity index (χ3v) is 5.37. The van der Waals surface area contributed by atoms with Crippen LogP contribution in [0.1, 0.15) is 29.9 Å². The molecule has 1 atom stereocenters. The lowest BCUT2D eigenvalue weighted by atomic mass is 9.79. The van der Waals surface area contributed by atoms with Crippen molar-refractivity contribution < 1.29 is 4.79 Å². The smallest absolute Gasteiger partial charge is 0.161 e. The van der Waals surface area contributed by atoms with Crippen LogP contribution in [0.5, 0.6) is 0 Å². The van der Waals surface area contributed by atoms with E-state index in [2.05, 4.69) is 22.4 Å². The van der Waals surface area contributed by atoms with Crippen molar-refractivity contribution in [2.24, 2.45) is 0 Å². The zero-order valence-electron chi connectivity index (χ0n) is 13.4. The second kappa shape index (κ2) is 5.43. The summed E-state index contributed by atoms with van der Waals surface area (Å²) in [4.78, 5) is 17.2. The quantitative estimate of drug-likeness (QED) is 0.669. The minimum absolute atomic E-state index is 0.0774. The van der Waals surface area contributed by atoms with Crippen molar-refractivity contribution in [1.82, 2.24) is 4.98 Å². The van der Waals surface area contributed by atoms with E-state index in [-0.39, 0.29) is 11.7 Å². The highest BCUT2D eigenvalue weighted by molar-refractivity contribution is 6.30. The molecule has 3 aromatic rings. The van der Waals surface area contributed by atoms with Crippen LogP contribution in [0.4, 0.5) is 5.69 Å². The Bertz CT molecular complexity index is 1050. The standard InChI is InChI=1S/C21H15ClN2O/c22-13-5-3-12(4-6-13)19-20-14-2-1-11-23-15(14)7-8-16(20)24-17-9-10-18(25)21(17)19/h1-8,11,19,24H,9-10H2. The van der Waals surface area contributed by atoms with Gasteiger partial charge in [-0.05, 0) is 47.9 Å². The van der Waals surface area contributed by atoms with Gasteiger partial charge < -0.3 is 5.32 Å². The number of Topliss-reactive ketones (excluding diaryl/α,β-unsaturated/α-hetero) is 1. The maximum absolute atomic E-state index is 12.7. The third-order valence-electron chi connectivity index (χ3n) is 5.12. The van der Waals surface area contributed by atoms with E-state index in [4.69, 9.17) is 11.6 Å². The topological polar surface area (TPSA) is 42.0 Å². The molecule has 3 nitrogen and oxygen atoms in total. The van der Waals surface area contributed by atoms with Crippen molar-refractivity contribution >= 4 is 34.0 Å². The van der Waals surface area contributed by atoms with Crippen LogP contribution in [0.2, 0.25) is 5.02 Å². The number of aromatic nitrogens is 1. The molecule has 2 heterocycles. The van der Waals surface area contributed by atoms with Gasteiger partial charge in [-0.15, -0.1) is 0 Å². The Hall–Kier alpha value is -2.65. The van der Waals surface area contributed by atoms with Crippen LogP contribution in [-0.4, -0.2) is 10.8 Å². The molecule has 0 radical (unpaired) electrons. The van der Waals surface area contributed by atoms with Crippen LogP contribution in [0.3, 0.4) is 0 Å². The Morgan fingerprint density at radius 2 is 1.88 bits per heavy atom. The molecule has 0 spiro atoms. The van der Waals surface area contributed by atoms with E-state index >= 15 is 0 Å². The molecule has 122 valence electrons. The minimum atomic E-state index is -0.0774. The Morgan fingerprint density at radius 1 is 1.04 bits per heavy atom. The van der Waals surface area contributed by atoms with E-state index in [1.807, 2.05) is 36.4 Å². The molecule has 1 unspecified atom stereocenters. The van der Waals surface area contributed by atoms with E-state index in [1.54, 1.807) is 6.20 Å². The summed E-state index contributed by atoms with van der Waals surface area (Å²) in [5, 5.41) is 5.28.